The summed E-state index contributed by atoms with van der Waals surface area (Å²) in [4.78, 5) is 12.7. The Labute approximate surface area is 118 Å². The molecule has 0 radical (unpaired) electrons. The van der Waals surface area contributed by atoms with Crippen LogP contribution in [0.2, 0.25) is 0 Å². The molecule has 0 saturated heterocycles. The molecule has 1 N–H and O–H groups in total. The van der Waals surface area contributed by atoms with E-state index in [1.54, 1.807) is 0 Å². The van der Waals surface area contributed by atoms with Gasteiger partial charge in [-0.3, -0.25) is 4.79 Å². The van der Waals surface area contributed by atoms with Gasteiger partial charge in [0.05, 0.1) is 19.6 Å². The van der Waals surface area contributed by atoms with Crippen LogP contribution < -0.4 is 4.74 Å². The summed E-state index contributed by atoms with van der Waals surface area (Å²) in [6.07, 6.45) is -2.86. The van der Waals surface area contributed by atoms with Gasteiger partial charge in [-0.25, -0.2) is 8.78 Å². The van der Waals surface area contributed by atoms with E-state index in [4.69, 9.17) is 5.11 Å². The number of halogens is 4. The Kier molecular flexibility index (Phi) is 6.93. The fourth-order valence-corrected chi connectivity index (χ4v) is 1.68. The van der Waals surface area contributed by atoms with E-state index in [9.17, 15) is 22.4 Å². The van der Waals surface area contributed by atoms with Crippen molar-refractivity contribution in [3.05, 3.63) is 29.8 Å². The summed E-state index contributed by atoms with van der Waals surface area (Å²) in [6.45, 7) is -4.30. The van der Waals surface area contributed by atoms with Gasteiger partial charge in [0.15, 0.2) is 0 Å². The predicted octanol–water partition coefficient (Wildman–Crippen LogP) is 1.92. The van der Waals surface area contributed by atoms with Crippen molar-refractivity contribution in [3.8, 4) is 5.75 Å². The van der Waals surface area contributed by atoms with E-state index < -0.39 is 32.1 Å². The Hall–Kier alpha value is -1.83. The van der Waals surface area contributed by atoms with Gasteiger partial charge in [-0.2, -0.15) is 8.78 Å². The first-order chi connectivity index (χ1) is 9.92. The molecule has 0 unspecified atom stereocenters. The molecule has 0 fully saturated rings. The van der Waals surface area contributed by atoms with Crippen molar-refractivity contribution in [2.75, 3.05) is 19.7 Å². The molecule has 0 aromatic heterocycles. The third-order valence-corrected chi connectivity index (χ3v) is 2.58. The fraction of sp³-hybridized carbons (Fsp3) is 0.462. The number of ether oxygens (including phenoxy) is 1. The number of aliphatic hydroxyl groups is 1. The average Bonchev–Trinajstić information content (AvgIpc) is 2.39. The van der Waals surface area contributed by atoms with Crippen LogP contribution in [0, 0.1) is 0 Å². The summed E-state index contributed by atoms with van der Waals surface area (Å²) in [5.74, 6) is -0.632. The molecule has 0 aliphatic rings. The maximum absolute atomic E-state index is 12.3. The summed E-state index contributed by atoms with van der Waals surface area (Å²) >= 11 is 0. The molecule has 21 heavy (non-hydrogen) atoms. The van der Waals surface area contributed by atoms with E-state index in [1.165, 1.54) is 24.3 Å². The lowest BCUT2D eigenvalue weighted by molar-refractivity contribution is -0.133. The topological polar surface area (TPSA) is 49.8 Å². The minimum atomic E-state index is -2.94. The quantitative estimate of drug-likeness (QED) is 0.746. The maximum Gasteiger partial charge on any atom is 0.387 e. The number of alkyl halides is 4. The molecule has 0 spiro atoms. The fourth-order valence-electron chi connectivity index (χ4n) is 1.68. The Balaban J connectivity index is 2.63. The summed E-state index contributed by atoms with van der Waals surface area (Å²) in [7, 11) is 0. The number of hydrogen-bond donors (Lipinski definition) is 1. The van der Waals surface area contributed by atoms with Crippen LogP contribution in [0.1, 0.15) is 5.56 Å². The number of rotatable bonds is 8. The number of aliphatic hydroxyl groups excluding tert-OH is 1. The van der Waals surface area contributed by atoms with Gasteiger partial charge >= 0.3 is 6.61 Å². The summed E-state index contributed by atoms with van der Waals surface area (Å²) in [5.41, 5.74) is 0.471. The van der Waals surface area contributed by atoms with Crippen LogP contribution in [-0.4, -0.2) is 48.6 Å². The van der Waals surface area contributed by atoms with Crippen LogP contribution in [0.3, 0.4) is 0 Å². The number of carbonyl (C=O) groups is 1. The molecule has 0 bridgehead atoms. The molecule has 1 aromatic carbocycles. The lowest BCUT2D eigenvalue weighted by atomic mass is 10.1. The minimum Gasteiger partial charge on any atom is -0.435 e. The van der Waals surface area contributed by atoms with Crippen LogP contribution in [0.25, 0.3) is 0 Å². The van der Waals surface area contributed by atoms with Gasteiger partial charge in [-0.15, -0.1) is 0 Å². The average molecular weight is 309 g/mol. The number of carbonyl (C=O) groups excluding carboxylic acids is 1. The van der Waals surface area contributed by atoms with Gasteiger partial charge in [-0.05, 0) is 17.7 Å². The Morgan fingerprint density at radius 3 is 2.29 bits per heavy atom. The molecule has 0 heterocycles. The number of benzene rings is 1. The van der Waals surface area contributed by atoms with E-state index in [2.05, 4.69) is 4.74 Å². The minimum absolute atomic E-state index is 0.0546. The largest absolute Gasteiger partial charge is 0.435 e. The molecular formula is C13H15F4NO3. The van der Waals surface area contributed by atoms with Crippen LogP contribution >= 0.6 is 0 Å². The van der Waals surface area contributed by atoms with Gasteiger partial charge in [0.1, 0.15) is 5.75 Å². The highest BCUT2D eigenvalue weighted by molar-refractivity contribution is 5.78. The van der Waals surface area contributed by atoms with Crippen molar-refractivity contribution in [1.29, 1.82) is 0 Å². The lowest BCUT2D eigenvalue weighted by Crippen LogP contribution is -2.38. The Morgan fingerprint density at radius 2 is 1.81 bits per heavy atom. The monoisotopic (exact) mass is 309 g/mol. The zero-order chi connectivity index (χ0) is 15.8. The molecule has 0 saturated carbocycles. The second kappa shape index (κ2) is 8.46. The van der Waals surface area contributed by atoms with E-state index in [0.717, 1.165) is 4.90 Å². The number of amides is 1. The first-order valence-electron chi connectivity index (χ1n) is 6.13. The highest BCUT2D eigenvalue weighted by atomic mass is 19.3. The van der Waals surface area contributed by atoms with Crippen molar-refractivity contribution >= 4 is 5.91 Å². The van der Waals surface area contributed by atoms with E-state index >= 15 is 0 Å². The molecule has 1 aromatic rings. The third kappa shape index (κ3) is 6.44. The van der Waals surface area contributed by atoms with E-state index in [1.807, 2.05) is 0 Å². The highest BCUT2D eigenvalue weighted by Crippen LogP contribution is 2.15. The summed E-state index contributed by atoms with van der Waals surface area (Å²) < 4.78 is 52.7. The van der Waals surface area contributed by atoms with Gasteiger partial charge in [0, 0.05) is 6.54 Å². The number of nitrogens with zero attached hydrogens (tertiary/aromatic N) is 1. The maximum atomic E-state index is 12.3. The number of hydrogen-bond acceptors (Lipinski definition) is 3. The normalized spacial score (nSPS) is 11.0. The van der Waals surface area contributed by atoms with Crippen LogP contribution in [0.4, 0.5) is 17.6 Å². The Morgan fingerprint density at radius 1 is 1.19 bits per heavy atom. The van der Waals surface area contributed by atoms with Crippen molar-refractivity contribution in [2.45, 2.75) is 19.5 Å². The van der Waals surface area contributed by atoms with Gasteiger partial charge in [0.2, 0.25) is 5.91 Å². The molecule has 118 valence electrons. The van der Waals surface area contributed by atoms with Crippen molar-refractivity contribution < 1.29 is 32.2 Å². The first-order valence-corrected chi connectivity index (χ1v) is 6.13. The molecule has 4 nitrogen and oxygen atoms in total. The standard InChI is InChI=1S/C13H15F4NO3/c14-11(15)8-18(5-6-19)12(20)7-9-1-3-10(4-2-9)21-13(16)17/h1-4,11,13,19H,5-8H2. The molecule has 1 amide bonds. The first kappa shape index (κ1) is 17.2. The van der Waals surface area contributed by atoms with Crippen LogP contribution in [0.5, 0.6) is 5.75 Å². The lowest BCUT2D eigenvalue weighted by Gasteiger charge is -2.21. The molecule has 8 heteroatoms. The highest BCUT2D eigenvalue weighted by Gasteiger charge is 2.18. The second-order valence-corrected chi connectivity index (χ2v) is 4.15. The molecule has 0 aliphatic carbocycles. The second-order valence-electron chi connectivity index (χ2n) is 4.15. The zero-order valence-corrected chi connectivity index (χ0v) is 11.0. The van der Waals surface area contributed by atoms with Gasteiger partial charge in [-0.1, -0.05) is 12.1 Å². The molecular weight excluding hydrogens is 294 g/mol. The summed E-state index contributed by atoms with van der Waals surface area (Å²) in [6, 6.07) is 5.32. The van der Waals surface area contributed by atoms with Gasteiger partial charge < -0.3 is 14.7 Å². The van der Waals surface area contributed by atoms with Crippen molar-refractivity contribution in [2.24, 2.45) is 0 Å². The third-order valence-electron chi connectivity index (χ3n) is 2.58. The molecule has 0 aliphatic heterocycles. The SMILES string of the molecule is O=C(Cc1ccc(OC(F)F)cc1)N(CCO)CC(F)F. The van der Waals surface area contributed by atoms with Crippen LogP contribution in [0.15, 0.2) is 24.3 Å². The van der Waals surface area contributed by atoms with Crippen LogP contribution in [-0.2, 0) is 11.2 Å². The van der Waals surface area contributed by atoms with E-state index in [0.29, 0.717) is 5.56 Å². The smallest absolute Gasteiger partial charge is 0.387 e. The molecule has 1 rings (SSSR count). The zero-order valence-electron chi connectivity index (χ0n) is 11.0. The van der Waals surface area contributed by atoms with Crippen molar-refractivity contribution in [1.82, 2.24) is 4.90 Å². The molecule has 0 atom stereocenters. The summed E-state index contributed by atoms with van der Waals surface area (Å²) in [5, 5.41) is 8.76. The Bertz CT molecular complexity index is 440. The predicted molar refractivity (Wildman–Crippen MR) is 66.4 cm³/mol. The van der Waals surface area contributed by atoms with Crippen molar-refractivity contribution in [3.63, 3.8) is 0 Å². The van der Waals surface area contributed by atoms with E-state index in [-0.39, 0.29) is 18.7 Å². The van der Waals surface area contributed by atoms with Gasteiger partial charge in [0.25, 0.3) is 6.43 Å².